The molecule has 0 unspecified atom stereocenters. The average molecular weight is 360 g/mol. The Labute approximate surface area is 149 Å². The van der Waals surface area contributed by atoms with E-state index < -0.39 is 5.97 Å². The van der Waals surface area contributed by atoms with Crippen molar-refractivity contribution < 1.29 is 14.3 Å². The van der Waals surface area contributed by atoms with E-state index in [9.17, 15) is 9.59 Å². The van der Waals surface area contributed by atoms with E-state index in [1.807, 2.05) is 0 Å². The maximum Gasteiger partial charge on any atom is 0.337 e. The zero-order chi connectivity index (χ0) is 17.8. The van der Waals surface area contributed by atoms with Crippen LogP contribution in [0.1, 0.15) is 23.2 Å². The van der Waals surface area contributed by atoms with Gasteiger partial charge < -0.3 is 9.47 Å². The maximum absolute atomic E-state index is 13.0. The highest BCUT2D eigenvalue weighted by Gasteiger charge is 2.20. The standard InChI is InChI=1S/C18H20N2O4S/c1-3-9-25-18-19-15-10-12(17(22)23-2)6-7-14(15)16(21)20(18)11-13-5-4-8-24-13/h3,6-7,10,13H,1,4-5,8-9,11H2,2H3/t13-/m1/s1. The Morgan fingerprint density at radius 3 is 3.08 bits per heavy atom. The molecule has 25 heavy (non-hydrogen) atoms. The molecule has 1 aliphatic heterocycles. The third kappa shape index (κ3) is 3.77. The Hall–Kier alpha value is -2.12. The van der Waals surface area contributed by atoms with E-state index in [-0.39, 0.29) is 11.7 Å². The fraction of sp³-hybridized carbons (Fsp3) is 0.389. The number of carbonyl (C=O) groups excluding carboxylic acids is 1. The number of nitrogens with zero attached hydrogens (tertiary/aromatic N) is 2. The topological polar surface area (TPSA) is 70.4 Å². The van der Waals surface area contributed by atoms with Gasteiger partial charge in [0.1, 0.15) is 0 Å². The molecule has 1 aliphatic rings. The molecule has 2 heterocycles. The minimum Gasteiger partial charge on any atom is -0.465 e. The van der Waals surface area contributed by atoms with Gasteiger partial charge in [-0.25, -0.2) is 9.78 Å². The van der Waals surface area contributed by atoms with Crippen LogP contribution < -0.4 is 5.56 Å². The lowest BCUT2D eigenvalue weighted by Crippen LogP contribution is -2.29. The molecule has 2 aromatic rings. The number of rotatable bonds is 6. The summed E-state index contributed by atoms with van der Waals surface area (Å²) >= 11 is 1.44. The molecule has 0 bridgehead atoms. The van der Waals surface area contributed by atoms with Gasteiger partial charge in [0.25, 0.3) is 5.56 Å². The molecule has 132 valence electrons. The molecule has 0 saturated carbocycles. The van der Waals surface area contributed by atoms with Crippen LogP contribution in [0.3, 0.4) is 0 Å². The number of methoxy groups -OCH3 is 1. The lowest BCUT2D eigenvalue weighted by atomic mass is 10.1. The van der Waals surface area contributed by atoms with E-state index in [0.29, 0.717) is 33.9 Å². The molecule has 1 aromatic heterocycles. The molecule has 1 aromatic carbocycles. The number of ether oxygens (including phenoxy) is 2. The molecule has 1 saturated heterocycles. The summed E-state index contributed by atoms with van der Waals surface area (Å²) in [4.78, 5) is 29.3. The van der Waals surface area contributed by atoms with Crippen LogP contribution in [-0.4, -0.2) is 41.1 Å². The van der Waals surface area contributed by atoms with Gasteiger partial charge in [-0.05, 0) is 31.0 Å². The van der Waals surface area contributed by atoms with Crippen molar-refractivity contribution in [2.24, 2.45) is 0 Å². The predicted octanol–water partition coefficient (Wildman–Crippen LogP) is 2.64. The monoisotopic (exact) mass is 360 g/mol. The lowest BCUT2D eigenvalue weighted by molar-refractivity contribution is 0.0601. The Balaban J connectivity index is 2.08. The molecule has 1 fully saturated rings. The SMILES string of the molecule is C=CCSc1nc2cc(C(=O)OC)ccc2c(=O)n1C[C@H]1CCCO1. The number of fused-ring (bicyclic) bond motifs is 1. The van der Waals surface area contributed by atoms with Crippen molar-refractivity contribution in [3.63, 3.8) is 0 Å². The number of hydrogen-bond acceptors (Lipinski definition) is 6. The Kier molecular flexibility index (Phi) is 5.55. The fourth-order valence-corrected chi connectivity index (χ4v) is 3.59. The molecular formula is C18H20N2O4S. The van der Waals surface area contributed by atoms with Crippen LogP contribution in [0.4, 0.5) is 0 Å². The Bertz CT molecular complexity index is 856. The van der Waals surface area contributed by atoms with Crippen molar-refractivity contribution in [2.45, 2.75) is 30.6 Å². The summed E-state index contributed by atoms with van der Waals surface area (Å²) in [6, 6.07) is 4.81. The van der Waals surface area contributed by atoms with E-state index in [1.165, 1.54) is 18.9 Å². The highest BCUT2D eigenvalue weighted by Crippen LogP contribution is 2.21. The summed E-state index contributed by atoms with van der Waals surface area (Å²) in [7, 11) is 1.32. The van der Waals surface area contributed by atoms with Crippen molar-refractivity contribution in [3.05, 3.63) is 46.8 Å². The summed E-state index contributed by atoms with van der Waals surface area (Å²) < 4.78 is 12.1. The quantitative estimate of drug-likeness (QED) is 0.341. The average Bonchev–Trinajstić information content (AvgIpc) is 3.14. The number of hydrogen-bond donors (Lipinski definition) is 0. The molecule has 0 N–H and O–H groups in total. The van der Waals surface area contributed by atoms with Crippen LogP contribution in [0.15, 0.2) is 40.8 Å². The van der Waals surface area contributed by atoms with Gasteiger partial charge >= 0.3 is 5.97 Å². The van der Waals surface area contributed by atoms with Crippen molar-refractivity contribution in [3.8, 4) is 0 Å². The molecule has 0 spiro atoms. The van der Waals surface area contributed by atoms with Crippen molar-refractivity contribution >= 4 is 28.6 Å². The summed E-state index contributed by atoms with van der Waals surface area (Å²) in [5.74, 6) is 0.188. The molecule has 7 heteroatoms. The van der Waals surface area contributed by atoms with Gasteiger partial charge in [-0.15, -0.1) is 6.58 Å². The van der Waals surface area contributed by atoms with Gasteiger partial charge in [-0.1, -0.05) is 17.8 Å². The van der Waals surface area contributed by atoms with Crippen LogP contribution in [0.2, 0.25) is 0 Å². The summed E-state index contributed by atoms with van der Waals surface area (Å²) in [6.45, 7) is 4.94. The van der Waals surface area contributed by atoms with E-state index in [2.05, 4.69) is 11.6 Å². The van der Waals surface area contributed by atoms with Crippen molar-refractivity contribution in [1.29, 1.82) is 0 Å². The first kappa shape index (κ1) is 17.7. The zero-order valence-corrected chi connectivity index (χ0v) is 14.9. The maximum atomic E-state index is 13.0. The summed E-state index contributed by atoms with van der Waals surface area (Å²) in [6.07, 6.45) is 3.76. The van der Waals surface area contributed by atoms with E-state index in [1.54, 1.807) is 28.8 Å². The first-order valence-corrected chi connectivity index (χ1v) is 9.11. The molecule has 1 atom stereocenters. The first-order chi connectivity index (χ1) is 12.1. The smallest absolute Gasteiger partial charge is 0.337 e. The van der Waals surface area contributed by atoms with Crippen molar-refractivity contribution in [2.75, 3.05) is 19.5 Å². The lowest BCUT2D eigenvalue weighted by Gasteiger charge is -2.16. The van der Waals surface area contributed by atoms with Crippen LogP contribution >= 0.6 is 11.8 Å². The summed E-state index contributed by atoms with van der Waals surface area (Å²) in [5, 5.41) is 1.09. The number of carbonyl (C=O) groups is 1. The third-order valence-corrected chi connectivity index (χ3v) is 5.05. The second-order valence-corrected chi connectivity index (χ2v) is 6.76. The second-order valence-electron chi connectivity index (χ2n) is 5.77. The molecule has 3 rings (SSSR count). The van der Waals surface area contributed by atoms with E-state index in [0.717, 1.165) is 19.4 Å². The predicted molar refractivity (Wildman–Crippen MR) is 97.2 cm³/mol. The number of aromatic nitrogens is 2. The number of thioether (sulfide) groups is 1. The minimum atomic E-state index is -0.451. The van der Waals surface area contributed by atoms with Crippen LogP contribution in [0.25, 0.3) is 10.9 Å². The zero-order valence-electron chi connectivity index (χ0n) is 14.1. The molecule has 0 aliphatic carbocycles. The van der Waals surface area contributed by atoms with E-state index >= 15 is 0 Å². The molecular weight excluding hydrogens is 340 g/mol. The van der Waals surface area contributed by atoms with Crippen molar-refractivity contribution in [1.82, 2.24) is 9.55 Å². The van der Waals surface area contributed by atoms with Gasteiger partial charge in [-0.3, -0.25) is 9.36 Å². The normalized spacial score (nSPS) is 16.9. The highest BCUT2D eigenvalue weighted by atomic mass is 32.2. The number of esters is 1. The molecule has 6 nitrogen and oxygen atoms in total. The highest BCUT2D eigenvalue weighted by molar-refractivity contribution is 7.99. The Morgan fingerprint density at radius 1 is 1.56 bits per heavy atom. The first-order valence-electron chi connectivity index (χ1n) is 8.12. The second kappa shape index (κ2) is 7.84. The Morgan fingerprint density at radius 2 is 2.40 bits per heavy atom. The van der Waals surface area contributed by atoms with Gasteiger partial charge in [0, 0.05) is 12.4 Å². The van der Waals surface area contributed by atoms with E-state index in [4.69, 9.17) is 9.47 Å². The van der Waals surface area contributed by atoms with Crippen LogP contribution in [0.5, 0.6) is 0 Å². The summed E-state index contributed by atoms with van der Waals surface area (Å²) in [5.41, 5.74) is 0.741. The number of benzene rings is 1. The van der Waals surface area contributed by atoms with Crippen LogP contribution in [-0.2, 0) is 16.0 Å². The minimum absolute atomic E-state index is 0.0365. The third-order valence-electron chi connectivity index (χ3n) is 4.08. The molecule has 0 radical (unpaired) electrons. The van der Waals surface area contributed by atoms with Gasteiger partial charge in [0.15, 0.2) is 5.16 Å². The molecule has 0 amide bonds. The van der Waals surface area contributed by atoms with Gasteiger partial charge in [0.2, 0.25) is 0 Å². The van der Waals surface area contributed by atoms with Gasteiger partial charge in [0.05, 0.1) is 36.2 Å². The largest absolute Gasteiger partial charge is 0.465 e. The van der Waals surface area contributed by atoms with Crippen LogP contribution in [0, 0.1) is 0 Å². The fourth-order valence-electron chi connectivity index (χ4n) is 2.84. The van der Waals surface area contributed by atoms with Gasteiger partial charge in [-0.2, -0.15) is 0 Å².